The quantitative estimate of drug-likeness (QED) is 0.407. The number of thiophene rings is 1. The van der Waals surface area contributed by atoms with Gasteiger partial charge in [0.15, 0.2) is 5.69 Å². The first kappa shape index (κ1) is 16.0. The van der Waals surface area contributed by atoms with Crippen LogP contribution in [0.3, 0.4) is 0 Å². The molecule has 0 aliphatic heterocycles. The van der Waals surface area contributed by atoms with Crippen molar-refractivity contribution in [2.75, 3.05) is 0 Å². The van der Waals surface area contributed by atoms with Crippen LogP contribution in [0.2, 0.25) is 0 Å². The fraction of sp³-hybridized carbons (Fsp3) is 0.304. The van der Waals surface area contributed by atoms with Gasteiger partial charge in [-0.25, -0.2) is 4.57 Å². The average Bonchev–Trinajstić information content (AvgIpc) is 3.30. The second-order valence-corrected chi connectivity index (χ2v) is 8.59. The molecule has 0 unspecified atom stereocenters. The Morgan fingerprint density at radius 3 is 2.73 bits per heavy atom. The summed E-state index contributed by atoms with van der Waals surface area (Å²) in [6, 6.07) is 15.7. The second-order valence-electron chi connectivity index (χ2n) is 7.54. The summed E-state index contributed by atoms with van der Waals surface area (Å²) < 4.78 is 4.80. The fourth-order valence-corrected chi connectivity index (χ4v) is 5.65. The molecule has 1 saturated carbocycles. The minimum atomic E-state index is 0.736. The molecular weight excluding hydrogens is 336 g/mol. The summed E-state index contributed by atoms with van der Waals surface area (Å²) in [4.78, 5) is 4.76. The third kappa shape index (κ3) is 2.45. The summed E-state index contributed by atoms with van der Waals surface area (Å²) in [5.74, 6) is 0.736. The maximum atomic E-state index is 4.76. The molecule has 3 heteroatoms. The zero-order valence-corrected chi connectivity index (χ0v) is 16.1. The van der Waals surface area contributed by atoms with E-state index in [1.807, 2.05) is 17.7 Å². The van der Waals surface area contributed by atoms with Gasteiger partial charge < -0.3 is 0 Å². The summed E-state index contributed by atoms with van der Waals surface area (Å²) in [5.41, 5.74) is 6.63. The lowest BCUT2D eigenvalue weighted by Gasteiger charge is -2.14. The number of fused-ring (bicyclic) bond motifs is 3. The molecule has 1 aliphatic rings. The SMILES string of the molecule is Cc1ccc(C2CCCC2)cc1-c1c2sc3ccccc3c2nc[n+]1C. The summed E-state index contributed by atoms with van der Waals surface area (Å²) in [7, 11) is 2.12. The number of nitrogens with zero attached hydrogens (tertiary/aromatic N) is 2. The molecule has 2 aromatic heterocycles. The van der Waals surface area contributed by atoms with Crippen LogP contribution >= 0.6 is 11.3 Å². The van der Waals surface area contributed by atoms with E-state index in [0.29, 0.717) is 0 Å². The molecule has 2 heterocycles. The summed E-state index contributed by atoms with van der Waals surface area (Å²) >= 11 is 1.86. The van der Waals surface area contributed by atoms with Crippen LogP contribution in [-0.4, -0.2) is 4.98 Å². The van der Waals surface area contributed by atoms with Crippen molar-refractivity contribution in [2.45, 2.75) is 38.5 Å². The van der Waals surface area contributed by atoms with E-state index < -0.39 is 0 Å². The molecule has 0 saturated heterocycles. The highest BCUT2D eigenvalue weighted by Crippen LogP contribution is 2.40. The van der Waals surface area contributed by atoms with Crippen LogP contribution in [-0.2, 0) is 7.05 Å². The number of hydrogen-bond acceptors (Lipinski definition) is 2. The molecule has 2 nitrogen and oxygen atoms in total. The Labute approximate surface area is 158 Å². The molecule has 0 N–H and O–H groups in total. The third-order valence-electron chi connectivity index (χ3n) is 5.84. The first-order valence-electron chi connectivity index (χ1n) is 9.49. The number of benzene rings is 2. The van der Waals surface area contributed by atoms with Crippen LogP contribution in [0.4, 0.5) is 0 Å². The molecule has 130 valence electrons. The lowest BCUT2D eigenvalue weighted by Crippen LogP contribution is -2.31. The van der Waals surface area contributed by atoms with Crippen LogP contribution in [0.5, 0.6) is 0 Å². The minimum Gasteiger partial charge on any atom is -0.231 e. The largest absolute Gasteiger partial charge is 0.287 e. The molecule has 5 rings (SSSR count). The van der Waals surface area contributed by atoms with Gasteiger partial charge >= 0.3 is 0 Å². The molecule has 0 radical (unpaired) electrons. The number of aromatic nitrogens is 2. The molecule has 0 bridgehead atoms. The Kier molecular flexibility index (Phi) is 3.79. The number of hydrogen-bond donors (Lipinski definition) is 0. The van der Waals surface area contributed by atoms with E-state index in [9.17, 15) is 0 Å². The Morgan fingerprint density at radius 2 is 1.88 bits per heavy atom. The summed E-state index contributed by atoms with van der Waals surface area (Å²) in [5, 5.41) is 1.26. The van der Waals surface area contributed by atoms with Crippen molar-refractivity contribution in [3.05, 3.63) is 59.9 Å². The first-order chi connectivity index (χ1) is 12.7. The highest BCUT2D eigenvalue weighted by Gasteiger charge is 2.23. The van der Waals surface area contributed by atoms with E-state index >= 15 is 0 Å². The predicted molar refractivity (Wildman–Crippen MR) is 110 cm³/mol. The van der Waals surface area contributed by atoms with Gasteiger partial charge in [0.05, 0.1) is 7.05 Å². The molecule has 1 fully saturated rings. The van der Waals surface area contributed by atoms with Crippen molar-refractivity contribution >= 4 is 31.6 Å². The Morgan fingerprint density at radius 1 is 1.08 bits per heavy atom. The van der Waals surface area contributed by atoms with E-state index in [-0.39, 0.29) is 0 Å². The smallest absolute Gasteiger partial charge is 0.231 e. The van der Waals surface area contributed by atoms with Crippen LogP contribution < -0.4 is 4.57 Å². The lowest BCUT2D eigenvalue weighted by atomic mass is 9.93. The van der Waals surface area contributed by atoms with Gasteiger partial charge in [0, 0.05) is 15.6 Å². The highest BCUT2D eigenvalue weighted by molar-refractivity contribution is 7.26. The van der Waals surface area contributed by atoms with Crippen LogP contribution in [0.25, 0.3) is 31.6 Å². The third-order valence-corrected chi connectivity index (χ3v) is 7.01. The monoisotopic (exact) mass is 359 g/mol. The standard InChI is InChI=1S/C23H23N2S/c1-15-11-12-17(16-7-3-4-8-16)13-19(15)22-23-21(24-14-25(22)2)18-9-5-6-10-20(18)26-23/h5-6,9-14,16H,3-4,7-8H2,1-2H3/q+1. The second kappa shape index (κ2) is 6.17. The van der Waals surface area contributed by atoms with E-state index in [1.165, 1.54) is 62.9 Å². The van der Waals surface area contributed by atoms with Crippen molar-refractivity contribution in [3.8, 4) is 11.3 Å². The van der Waals surface area contributed by atoms with E-state index in [2.05, 4.69) is 61.0 Å². The molecular formula is C23H23N2S+. The Balaban J connectivity index is 1.78. The van der Waals surface area contributed by atoms with E-state index in [0.717, 1.165) is 11.4 Å². The van der Waals surface area contributed by atoms with Crippen molar-refractivity contribution in [1.29, 1.82) is 0 Å². The van der Waals surface area contributed by atoms with Gasteiger partial charge in [-0.15, -0.1) is 11.3 Å². The highest BCUT2D eigenvalue weighted by atomic mass is 32.1. The van der Waals surface area contributed by atoms with Crippen LogP contribution in [0, 0.1) is 6.92 Å². The normalized spacial score (nSPS) is 15.3. The minimum absolute atomic E-state index is 0.736. The van der Waals surface area contributed by atoms with Crippen LogP contribution in [0.1, 0.15) is 42.7 Å². The number of aryl methyl sites for hydroxylation is 2. The molecule has 2 aromatic carbocycles. The zero-order chi connectivity index (χ0) is 17.7. The first-order valence-corrected chi connectivity index (χ1v) is 10.3. The van der Waals surface area contributed by atoms with Gasteiger partial charge in [-0.05, 0) is 60.0 Å². The number of rotatable bonds is 2. The van der Waals surface area contributed by atoms with Gasteiger partial charge in [0.25, 0.3) is 6.33 Å². The van der Waals surface area contributed by atoms with Gasteiger partial charge in [0.1, 0.15) is 4.70 Å². The van der Waals surface area contributed by atoms with Crippen molar-refractivity contribution in [2.24, 2.45) is 7.05 Å². The van der Waals surface area contributed by atoms with Gasteiger partial charge in [-0.3, -0.25) is 0 Å². The molecule has 1 aliphatic carbocycles. The topological polar surface area (TPSA) is 16.8 Å². The lowest BCUT2D eigenvalue weighted by molar-refractivity contribution is -0.662. The van der Waals surface area contributed by atoms with Gasteiger partial charge in [-0.2, -0.15) is 0 Å². The van der Waals surface area contributed by atoms with Gasteiger partial charge in [0.2, 0.25) is 5.52 Å². The Bertz CT molecular complexity index is 1120. The van der Waals surface area contributed by atoms with Gasteiger partial charge in [-0.1, -0.05) is 37.1 Å². The molecule has 0 amide bonds. The molecule has 4 aromatic rings. The molecule has 0 spiro atoms. The van der Waals surface area contributed by atoms with E-state index in [4.69, 9.17) is 4.98 Å². The van der Waals surface area contributed by atoms with Crippen molar-refractivity contribution in [1.82, 2.24) is 4.98 Å². The predicted octanol–water partition coefficient (Wildman–Crippen LogP) is 5.91. The van der Waals surface area contributed by atoms with Crippen LogP contribution in [0.15, 0.2) is 48.8 Å². The average molecular weight is 360 g/mol. The van der Waals surface area contributed by atoms with E-state index in [1.54, 1.807) is 0 Å². The molecule has 26 heavy (non-hydrogen) atoms. The van der Waals surface area contributed by atoms with Crippen molar-refractivity contribution < 1.29 is 4.57 Å². The zero-order valence-electron chi connectivity index (χ0n) is 15.3. The maximum Gasteiger partial charge on any atom is 0.287 e. The summed E-state index contributed by atoms with van der Waals surface area (Å²) in [6.07, 6.45) is 7.39. The Hall–Kier alpha value is -2.26. The summed E-state index contributed by atoms with van der Waals surface area (Å²) in [6.45, 7) is 2.23. The maximum absolute atomic E-state index is 4.76. The molecule has 0 atom stereocenters. The fourth-order valence-electron chi connectivity index (χ4n) is 4.40. The van der Waals surface area contributed by atoms with Crippen molar-refractivity contribution in [3.63, 3.8) is 0 Å².